The molecule has 2 aliphatic rings. The van der Waals surface area contributed by atoms with Crippen LogP contribution in [-0.4, -0.2) is 29.5 Å². The van der Waals surface area contributed by atoms with E-state index >= 15 is 0 Å². The molecule has 13 heavy (non-hydrogen) atoms. The molecule has 3 heteroatoms. The van der Waals surface area contributed by atoms with E-state index in [1.54, 1.807) is 0 Å². The fourth-order valence-electron chi connectivity index (χ4n) is 2.06. The third kappa shape index (κ3) is 1.52. The SMILES string of the molecule is CCC(C)C1CN=C(N)N1C1CC1. The minimum atomic E-state index is 0.581. The van der Waals surface area contributed by atoms with Crippen molar-refractivity contribution in [2.75, 3.05) is 6.54 Å². The fourth-order valence-corrected chi connectivity index (χ4v) is 2.06. The quantitative estimate of drug-likeness (QED) is 0.710. The normalized spacial score (nSPS) is 30.5. The highest BCUT2D eigenvalue weighted by Crippen LogP contribution is 2.33. The maximum atomic E-state index is 5.88. The van der Waals surface area contributed by atoms with Gasteiger partial charge in [0.05, 0.1) is 12.6 Å². The van der Waals surface area contributed by atoms with E-state index < -0.39 is 0 Å². The highest BCUT2D eigenvalue weighted by atomic mass is 15.4. The number of rotatable bonds is 3. The van der Waals surface area contributed by atoms with E-state index in [0.717, 1.165) is 12.5 Å². The summed E-state index contributed by atoms with van der Waals surface area (Å²) in [5.41, 5.74) is 5.88. The summed E-state index contributed by atoms with van der Waals surface area (Å²) in [5.74, 6) is 1.50. The van der Waals surface area contributed by atoms with Gasteiger partial charge in [0.15, 0.2) is 5.96 Å². The van der Waals surface area contributed by atoms with Crippen molar-refractivity contribution in [1.29, 1.82) is 0 Å². The van der Waals surface area contributed by atoms with Crippen molar-refractivity contribution < 1.29 is 0 Å². The average molecular weight is 181 g/mol. The Hall–Kier alpha value is -0.730. The summed E-state index contributed by atoms with van der Waals surface area (Å²) in [6, 6.07) is 1.29. The summed E-state index contributed by atoms with van der Waals surface area (Å²) in [6.45, 7) is 5.45. The van der Waals surface area contributed by atoms with E-state index in [1.807, 2.05) is 0 Å². The molecule has 0 aromatic rings. The molecule has 0 bridgehead atoms. The molecule has 74 valence electrons. The number of nitrogens with two attached hydrogens (primary N) is 1. The van der Waals surface area contributed by atoms with E-state index in [4.69, 9.17) is 5.73 Å². The Morgan fingerprint density at radius 1 is 1.62 bits per heavy atom. The molecule has 0 saturated heterocycles. The van der Waals surface area contributed by atoms with Gasteiger partial charge in [-0.3, -0.25) is 4.99 Å². The summed E-state index contributed by atoms with van der Waals surface area (Å²) in [7, 11) is 0. The monoisotopic (exact) mass is 181 g/mol. The van der Waals surface area contributed by atoms with Crippen molar-refractivity contribution in [3.63, 3.8) is 0 Å². The van der Waals surface area contributed by atoms with E-state index in [1.165, 1.54) is 19.3 Å². The standard InChI is InChI=1S/C10H19N3/c1-3-7(2)9-6-12-10(11)13(9)8-4-5-8/h7-9H,3-6H2,1-2H3,(H2,11,12). The molecule has 2 atom stereocenters. The molecule has 1 aliphatic carbocycles. The second kappa shape index (κ2) is 3.20. The number of hydrogen-bond donors (Lipinski definition) is 1. The van der Waals surface area contributed by atoms with Gasteiger partial charge in [0.1, 0.15) is 0 Å². The highest BCUT2D eigenvalue weighted by Gasteiger charge is 2.39. The van der Waals surface area contributed by atoms with E-state index in [2.05, 4.69) is 23.7 Å². The zero-order valence-corrected chi connectivity index (χ0v) is 8.53. The van der Waals surface area contributed by atoms with Crippen molar-refractivity contribution in [2.24, 2.45) is 16.6 Å². The number of aliphatic imine (C=N–C) groups is 1. The number of nitrogens with zero attached hydrogens (tertiary/aromatic N) is 2. The van der Waals surface area contributed by atoms with Crippen molar-refractivity contribution in [1.82, 2.24) is 4.90 Å². The molecule has 0 amide bonds. The van der Waals surface area contributed by atoms with E-state index in [-0.39, 0.29) is 0 Å². The Bertz CT molecular complexity index is 220. The lowest BCUT2D eigenvalue weighted by Crippen LogP contribution is -2.45. The van der Waals surface area contributed by atoms with Gasteiger partial charge in [-0.05, 0) is 18.8 Å². The summed E-state index contributed by atoms with van der Waals surface area (Å²) in [4.78, 5) is 6.70. The van der Waals surface area contributed by atoms with Gasteiger partial charge < -0.3 is 10.6 Å². The fraction of sp³-hybridized carbons (Fsp3) is 0.900. The molecule has 0 aromatic heterocycles. The van der Waals surface area contributed by atoms with E-state index in [0.29, 0.717) is 18.0 Å². The van der Waals surface area contributed by atoms with Crippen molar-refractivity contribution >= 4 is 5.96 Å². The molecule has 0 radical (unpaired) electrons. The van der Waals surface area contributed by atoms with Crippen LogP contribution in [-0.2, 0) is 0 Å². The Kier molecular flexibility index (Phi) is 2.18. The minimum absolute atomic E-state index is 0.581. The van der Waals surface area contributed by atoms with Crippen LogP contribution in [0.15, 0.2) is 4.99 Å². The maximum absolute atomic E-state index is 5.88. The molecule has 1 saturated carbocycles. The van der Waals surface area contributed by atoms with Crippen LogP contribution in [0.2, 0.25) is 0 Å². The van der Waals surface area contributed by atoms with Gasteiger partial charge >= 0.3 is 0 Å². The Labute approximate surface area is 80.0 Å². The number of hydrogen-bond acceptors (Lipinski definition) is 3. The molecule has 2 unspecified atom stereocenters. The first-order valence-corrected chi connectivity index (χ1v) is 5.32. The molecule has 0 aromatic carbocycles. The second-order valence-corrected chi connectivity index (χ2v) is 4.29. The van der Waals surface area contributed by atoms with Gasteiger partial charge in [-0.25, -0.2) is 0 Å². The summed E-state index contributed by atoms with van der Waals surface area (Å²) >= 11 is 0. The van der Waals surface area contributed by atoms with Gasteiger partial charge in [0.2, 0.25) is 0 Å². The van der Waals surface area contributed by atoms with Crippen molar-refractivity contribution in [3.05, 3.63) is 0 Å². The highest BCUT2D eigenvalue weighted by molar-refractivity contribution is 5.80. The summed E-state index contributed by atoms with van der Waals surface area (Å²) in [6.07, 6.45) is 3.84. The van der Waals surface area contributed by atoms with Gasteiger partial charge in [-0.2, -0.15) is 0 Å². The molecule has 3 nitrogen and oxygen atoms in total. The van der Waals surface area contributed by atoms with Crippen LogP contribution in [0, 0.1) is 5.92 Å². The Balaban J connectivity index is 2.04. The van der Waals surface area contributed by atoms with Crippen molar-refractivity contribution in [2.45, 2.75) is 45.2 Å². The van der Waals surface area contributed by atoms with Crippen LogP contribution in [0.3, 0.4) is 0 Å². The average Bonchev–Trinajstić information content (AvgIpc) is 2.89. The molecule has 0 spiro atoms. The predicted octanol–water partition coefficient (Wildman–Crippen LogP) is 1.19. The third-order valence-electron chi connectivity index (χ3n) is 3.30. The Morgan fingerprint density at radius 2 is 2.31 bits per heavy atom. The van der Waals surface area contributed by atoms with Crippen LogP contribution in [0.1, 0.15) is 33.1 Å². The lowest BCUT2D eigenvalue weighted by molar-refractivity contribution is 0.250. The topological polar surface area (TPSA) is 41.6 Å². The van der Waals surface area contributed by atoms with Crippen LogP contribution in [0.5, 0.6) is 0 Å². The molecule has 2 N–H and O–H groups in total. The first-order chi connectivity index (χ1) is 6.24. The largest absolute Gasteiger partial charge is 0.370 e. The minimum Gasteiger partial charge on any atom is -0.370 e. The molecule has 2 rings (SSSR count). The van der Waals surface area contributed by atoms with Crippen molar-refractivity contribution in [3.8, 4) is 0 Å². The first-order valence-electron chi connectivity index (χ1n) is 5.32. The van der Waals surface area contributed by atoms with Gasteiger partial charge in [-0.1, -0.05) is 20.3 Å². The first kappa shape index (κ1) is 8.85. The zero-order chi connectivity index (χ0) is 9.42. The van der Waals surface area contributed by atoms with Crippen LogP contribution >= 0.6 is 0 Å². The van der Waals surface area contributed by atoms with E-state index in [9.17, 15) is 0 Å². The lowest BCUT2D eigenvalue weighted by Gasteiger charge is -2.30. The molecular weight excluding hydrogens is 162 g/mol. The molecule has 1 aliphatic heterocycles. The van der Waals surface area contributed by atoms with Gasteiger partial charge in [0, 0.05) is 6.04 Å². The molecule has 1 heterocycles. The predicted molar refractivity (Wildman–Crippen MR) is 54.6 cm³/mol. The third-order valence-corrected chi connectivity index (χ3v) is 3.30. The number of guanidine groups is 1. The summed E-state index contributed by atoms with van der Waals surface area (Å²) < 4.78 is 0. The molecular formula is C10H19N3. The van der Waals surface area contributed by atoms with Crippen LogP contribution < -0.4 is 5.73 Å². The maximum Gasteiger partial charge on any atom is 0.191 e. The van der Waals surface area contributed by atoms with Gasteiger partial charge in [0.25, 0.3) is 0 Å². The summed E-state index contributed by atoms with van der Waals surface area (Å²) in [5, 5.41) is 0. The van der Waals surface area contributed by atoms with Crippen LogP contribution in [0.25, 0.3) is 0 Å². The lowest BCUT2D eigenvalue weighted by atomic mass is 9.98. The Morgan fingerprint density at radius 3 is 2.85 bits per heavy atom. The second-order valence-electron chi connectivity index (χ2n) is 4.29. The van der Waals surface area contributed by atoms with Gasteiger partial charge in [-0.15, -0.1) is 0 Å². The smallest absolute Gasteiger partial charge is 0.191 e. The molecule has 1 fully saturated rings. The zero-order valence-electron chi connectivity index (χ0n) is 8.53. The van der Waals surface area contributed by atoms with Crippen LogP contribution in [0.4, 0.5) is 0 Å².